The number of sulfonamides is 1. The first-order chi connectivity index (χ1) is 13.0. The Kier molecular flexibility index (Phi) is 7.78. The minimum absolute atomic E-state index is 0.0283. The second-order valence-corrected chi connectivity index (χ2v) is 12.6. The molecule has 0 N–H and O–H groups in total. The minimum Gasteiger partial charge on any atom is -0.326 e. The second-order valence-electron chi connectivity index (χ2n) is 7.08. The van der Waals surface area contributed by atoms with Gasteiger partial charge in [-0.15, -0.1) is 0 Å². The number of rotatable bonds is 9. The molecule has 5 nitrogen and oxygen atoms in total. The van der Waals surface area contributed by atoms with Gasteiger partial charge in [0.1, 0.15) is 0 Å². The summed E-state index contributed by atoms with van der Waals surface area (Å²) in [6.07, 6.45) is -0.550. The zero-order chi connectivity index (χ0) is 21.2. The van der Waals surface area contributed by atoms with E-state index in [0.717, 1.165) is 5.56 Å². The molecular weight excluding hydrogens is 427 g/mol. The van der Waals surface area contributed by atoms with Crippen LogP contribution in [-0.4, -0.2) is 44.7 Å². The fraction of sp³-hybridized carbons (Fsp3) is 0.667. The van der Waals surface area contributed by atoms with Crippen molar-refractivity contribution >= 4 is 28.3 Å². The largest absolute Gasteiger partial charge is 0.326 e. The first-order valence-corrected chi connectivity index (χ1v) is 13.4. The van der Waals surface area contributed by atoms with Crippen LogP contribution in [0, 0.1) is 18.8 Å². The predicted octanol–water partition coefficient (Wildman–Crippen LogP) is 4.62. The fourth-order valence-electron chi connectivity index (χ4n) is 3.30. The molecule has 1 aliphatic heterocycles. The van der Waals surface area contributed by atoms with Gasteiger partial charge < -0.3 is 9.05 Å². The highest BCUT2D eigenvalue weighted by Gasteiger charge is 2.52. The van der Waals surface area contributed by atoms with Crippen molar-refractivity contribution in [2.75, 3.05) is 26.3 Å². The van der Waals surface area contributed by atoms with Crippen LogP contribution in [0.1, 0.15) is 32.8 Å². The van der Waals surface area contributed by atoms with Crippen LogP contribution in [0.25, 0.3) is 0 Å². The topological polar surface area (TPSA) is 55.8 Å². The lowest BCUT2D eigenvalue weighted by Crippen LogP contribution is -2.30. The number of hydrogen-bond acceptors (Lipinski definition) is 5. The lowest BCUT2D eigenvalue weighted by molar-refractivity contribution is 0.0311. The summed E-state index contributed by atoms with van der Waals surface area (Å²) in [4.78, 5) is 0.173. The van der Waals surface area contributed by atoms with Gasteiger partial charge in [-0.1, -0.05) is 24.6 Å². The van der Waals surface area contributed by atoms with Crippen molar-refractivity contribution in [2.24, 2.45) is 11.8 Å². The van der Waals surface area contributed by atoms with Crippen LogP contribution >= 0.6 is 6.49 Å². The minimum atomic E-state index is -3.79. The van der Waals surface area contributed by atoms with Crippen LogP contribution in [0.3, 0.4) is 0 Å². The molecule has 1 aromatic rings. The van der Waals surface area contributed by atoms with Gasteiger partial charge in [-0.05, 0) is 56.5 Å². The summed E-state index contributed by atoms with van der Waals surface area (Å²) in [5.41, 5.74) is -2.37. The molecule has 0 aromatic heterocycles. The van der Waals surface area contributed by atoms with E-state index in [-0.39, 0.29) is 37.1 Å². The van der Waals surface area contributed by atoms with Crippen LogP contribution in [0.15, 0.2) is 29.2 Å². The highest BCUT2D eigenvalue weighted by Crippen LogP contribution is 2.64. The van der Waals surface area contributed by atoms with E-state index in [1.807, 2.05) is 6.92 Å². The van der Waals surface area contributed by atoms with E-state index in [0.29, 0.717) is 0 Å². The molecule has 1 saturated heterocycles. The van der Waals surface area contributed by atoms with Gasteiger partial charge in [0, 0.05) is 19.5 Å². The van der Waals surface area contributed by atoms with Crippen molar-refractivity contribution in [3.05, 3.63) is 29.8 Å². The molecule has 0 spiro atoms. The molecule has 160 valence electrons. The summed E-state index contributed by atoms with van der Waals surface area (Å²) in [7, 11) is -3.72. The van der Waals surface area contributed by atoms with Gasteiger partial charge in [0.05, 0.1) is 18.1 Å². The van der Waals surface area contributed by atoms with Gasteiger partial charge >= 0.3 is 5.66 Å². The third kappa shape index (κ3) is 4.99. The number of alkyl halides is 2. The molecule has 2 rings (SSSR count). The molecule has 1 aromatic carbocycles. The van der Waals surface area contributed by atoms with Crippen LogP contribution in [-0.2, 0) is 30.9 Å². The van der Waals surface area contributed by atoms with Crippen LogP contribution < -0.4 is 0 Å². The quantitative estimate of drug-likeness (QED) is 0.509. The Morgan fingerprint density at radius 2 is 1.71 bits per heavy atom. The molecule has 0 aliphatic carbocycles. The van der Waals surface area contributed by atoms with Crippen LogP contribution in [0.2, 0.25) is 0 Å². The smallest absolute Gasteiger partial charge is 0.321 e. The molecular formula is C18H28F2NO4PS2. The molecule has 10 heteroatoms. The van der Waals surface area contributed by atoms with Crippen LogP contribution in [0.4, 0.5) is 8.78 Å². The van der Waals surface area contributed by atoms with Gasteiger partial charge in [0.25, 0.3) is 6.49 Å². The summed E-state index contributed by atoms with van der Waals surface area (Å²) in [5.74, 6) is -0.753. The van der Waals surface area contributed by atoms with Crippen molar-refractivity contribution in [3.63, 3.8) is 0 Å². The van der Waals surface area contributed by atoms with E-state index in [9.17, 15) is 17.2 Å². The first-order valence-electron chi connectivity index (χ1n) is 9.30. The normalized spacial score (nSPS) is 21.9. The standard InChI is InChI=1S/C18H28F2NO4PS2/c1-5-24-26(27,25-6-2)18(19,20)11-16-13-21(12-15(16)4)28(22,23)17-9-7-14(3)8-10-17/h7-10,15-16H,5-6,11-13H2,1-4H3/t15-,16+/m0/s1. The lowest BCUT2D eigenvalue weighted by Gasteiger charge is -2.31. The summed E-state index contributed by atoms with van der Waals surface area (Å²) in [6.45, 7) is 3.38. The molecule has 0 bridgehead atoms. The van der Waals surface area contributed by atoms with Gasteiger partial charge in [0.15, 0.2) is 0 Å². The molecule has 0 amide bonds. The van der Waals surface area contributed by atoms with E-state index in [1.165, 1.54) is 4.31 Å². The number of aryl methyl sites for hydroxylation is 1. The Hall–Kier alpha value is -0.440. The predicted molar refractivity (Wildman–Crippen MR) is 110 cm³/mol. The van der Waals surface area contributed by atoms with Crippen molar-refractivity contribution in [2.45, 2.75) is 44.7 Å². The van der Waals surface area contributed by atoms with E-state index in [1.54, 1.807) is 45.0 Å². The Morgan fingerprint density at radius 3 is 2.21 bits per heavy atom. The SMILES string of the molecule is CCOP(=S)(OCC)C(F)(F)C[C@@H]1CN(S(=O)(=O)c2ccc(C)cc2)C[C@@H]1C. The van der Waals surface area contributed by atoms with Gasteiger partial charge in [-0.25, -0.2) is 8.42 Å². The molecule has 28 heavy (non-hydrogen) atoms. The van der Waals surface area contributed by atoms with Crippen molar-refractivity contribution in [1.29, 1.82) is 0 Å². The van der Waals surface area contributed by atoms with Gasteiger partial charge in [-0.2, -0.15) is 13.1 Å². The average molecular weight is 456 g/mol. The highest BCUT2D eigenvalue weighted by atomic mass is 32.5. The third-order valence-electron chi connectivity index (χ3n) is 4.90. The third-order valence-corrected chi connectivity index (χ3v) is 10.4. The Balaban J connectivity index is 2.19. The number of nitrogens with zero attached hydrogens (tertiary/aromatic N) is 1. The van der Waals surface area contributed by atoms with E-state index < -0.39 is 34.5 Å². The maximum atomic E-state index is 15.0. The maximum Gasteiger partial charge on any atom is 0.321 e. The second kappa shape index (κ2) is 9.14. The number of benzene rings is 1. The fourth-order valence-corrected chi connectivity index (χ4v) is 7.34. The van der Waals surface area contributed by atoms with Gasteiger partial charge in [0.2, 0.25) is 10.0 Å². The first kappa shape index (κ1) is 23.8. The zero-order valence-corrected chi connectivity index (χ0v) is 19.1. The molecule has 0 saturated carbocycles. The molecule has 0 radical (unpaired) electrons. The van der Waals surface area contributed by atoms with Crippen molar-refractivity contribution in [3.8, 4) is 0 Å². The summed E-state index contributed by atoms with van der Waals surface area (Å²) >= 11 is 5.09. The Morgan fingerprint density at radius 1 is 1.18 bits per heavy atom. The van der Waals surface area contributed by atoms with E-state index in [4.69, 9.17) is 20.9 Å². The number of hydrogen-bond donors (Lipinski definition) is 0. The van der Waals surface area contributed by atoms with Gasteiger partial charge in [-0.3, -0.25) is 0 Å². The summed E-state index contributed by atoms with van der Waals surface area (Å²) in [5, 5.41) is 0. The summed E-state index contributed by atoms with van der Waals surface area (Å²) in [6, 6.07) is 6.53. The molecule has 2 atom stereocenters. The van der Waals surface area contributed by atoms with E-state index in [2.05, 4.69) is 0 Å². The highest BCUT2D eigenvalue weighted by molar-refractivity contribution is 8.10. The Labute approximate surface area is 171 Å². The Bertz CT molecular complexity index is 807. The van der Waals surface area contributed by atoms with E-state index >= 15 is 0 Å². The molecule has 0 unspecified atom stereocenters. The van der Waals surface area contributed by atoms with Crippen LogP contribution in [0.5, 0.6) is 0 Å². The average Bonchev–Trinajstić information content (AvgIpc) is 2.96. The number of halogens is 2. The zero-order valence-electron chi connectivity index (χ0n) is 16.6. The molecule has 1 fully saturated rings. The monoisotopic (exact) mass is 455 g/mol. The van der Waals surface area contributed by atoms with Crippen molar-refractivity contribution < 1.29 is 26.2 Å². The summed E-state index contributed by atoms with van der Waals surface area (Å²) < 4.78 is 67.4. The molecule has 1 aliphatic rings. The molecule has 1 heterocycles. The lowest BCUT2D eigenvalue weighted by atomic mass is 9.95. The maximum absolute atomic E-state index is 15.0. The van der Waals surface area contributed by atoms with Crippen molar-refractivity contribution in [1.82, 2.24) is 4.31 Å².